The zero-order valence-electron chi connectivity index (χ0n) is 12.9. The number of likely N-dealkylation sites (N-methyl/N-ethyl adjacent to an activating group) is 1. The molecule has 1 aliphatic heterocycles. The van der Waals surface area contributed by atoms with Crippen molar-refractivity contribution in [1.29, 1.82) is 0 Å². The molecule has 0 aromatic rings. The summed E-state index contributed by atoms with van der Waals surface area (Å²) in [4.78, 5) is 23.1. The minimum atomic E-state index is -0.674. The van der Waals surface area contributed by atoms with Gasteiger partial charge in [0.15, 0.2) is 6.10 Å². The summed E-state index contributed by atoms with van der Waals surface area (Å²) in [5.74, 6) is 0.304. The summed E-state index contributed by atoms with van der Waals surface area (Å²) in [5, 5.41) is 2.91. The highest BCUT2D eigenvalue weighted by Gasteiger charge is 2.37. The third-order valence-corrected chi connectivity index (χ3v) is 4.02. The summed E-state index contributed by atoms with van der Waals surface area (Å²) >= 11 is 1.56. The summed E-state index contributed by atoms with van der Waals surface area (Å²) < 4.78 is 15.4. The monoisotopic (exact) mass is 319 g/mol. The predicted octanol–water partition coefficient (Wildman–Crippen LogP) is 1.96. The summed E-state index contributed by atoms with van der Waals surface area (Å²) in [5.41, 5.74) is 0. The summed E-state index contributed by atoms with van der Waals surface area (Å²) in [6.45, 7) is 2.16. The number of hydrogen-bond donors (Lipinski definition) is 1. The van der Waals surface area contributed by atoms with E-state index < -0.39 is 12.3 Å². The van der Waals surface area contributed by atoms with E-state index in [9.17, 15) is 9.59 Å². The van der Waals surface area contributed by atoms with Crippen LogP contribution in [0.1, 0.15) is 32.6 Å². The van der Waals surface area contributed by atoms with Gasteiger partial charge in [-0.1, -0.05) is 19.8 Å². The molecule has 0 saturated carbocycles. The molecule has 1 N–H and O–H groups in total. The second-order valence-electron chi connectivity index (χ2n) is 4.99. The Kier molecular flexibility index (Phi) is 8.52. The van der Waals surface area contributed by atoms with Gasteiger partial charge in [0.1, 0.15) is 18.8 Å². The van der Waals surface area contributed by atoms with Gasteiger partial charge in [-0.15, -0.1) is 0 Å². The molecule has 0 aliphatic carbocycles. The molecule has 7 heteroatoms. The molecular formula is C14H25NO5S. The average Bonchev–Trinajstić information content (AvgIpc) is 2.82. The largest absolute Gasteiger partial charge is 0.509 e. The van der Waals surface area contributed by atoms with Crippen molar-refractivity contribution in [3.05, 3.63) is 0 Å². The number of nitrogens with one attached hydrogen (secondary N) is 1. The molecule has 1 heterocycles. The Morgan fingerprint density at radius 1 is 1.38 bits per heavy atom. The highest BCUT2D eigenvalue weighted by Crippen LogP contribution is 2.21. The van der Waals surface area contributed by atoms with Crippen LogP contribution < -0.4 is 5.32 Å². The second kappa shape index (κ2) is 9.89. The molecule has 1 rings (SSSR count). The molecule has 1 saturated heterocycles. The van der Waals surface area contributed by atoms with Crippen molar-refractivity contribution >= 4 is 23.9 Å². The minimum absolute atomic E-state index is 0.0495. The van der Waals surface area contributed by atoms with E-state index in [2.05, 4.69) is 12.2 Å². The first-order chi connectivity index (χ1) is 10.1. The van der Waals surface area contributed by atoms with Crippen LogP contribution in [-0.2, 0) is 19.0 Å². The lowest BCUT2D eigenvalue weighted by Crippen LogP contribution is -2.39. The van der Waals surface area contributed by atoms with E-state index in [0.717, 1.165) is 25.7 Å². The topological polar surface area (TPSA) is 73.9 Å². The van der Waals surface area contributed by atoms with Crippen molar-refractivity contribution in [2.75, 3.05) is 25.7 Å². The standard InChI is InChI=1S/C14H25NO5S/c1-4-5-6-7-11-12(20-14(17)19-11)8-18-13(16)10(15-2)9-21-3/h10-12,15H,4-9H2,1-3H3. The van der Waals surface area contributed by atoms with Gasteiger partial charge in [-0.3, -0.25) is 4.79 Å². The number of carbonyl (C=O) groups excluding carboxylic acids is 2. The van der Waals surface area contributed by atoms with Crippen LogP contribution >= 0.6 is 11.8 Å². The lowest BCUT2D eigenvalue weighted by Gasteiger charge is -2.18. The Morgan fingerprint density at radius 3 is 2.71 bits per heavy atom. The first kappa shape index (κ1) is 18.1. The van der Waals surface area contributed by atoms with Gasteiger partial charge in [-0.2, -0.15) is 11.8 Å². The van der Waals surface area contributed by atoms with Gasteiger partial charge in [0.25, 0.3) is 0 Å². The smallest absolute Gasteiger partial charge is 0.460 e. The molecule has 0 radical (unpaired) electrons. The zero-order valence-corrected chi connectivity index (χ0v) is 13.7. The number of ether oxygens (including phenoxy) is 3. The van der Waals surface area contributed by atoms with Crippen molar-refractivity contribution in [2.45, 2.75) is 50.9 Å². The highest BCUT2D eigenvalue weighted by atomic mass is 32.2. The van der Waals surface area contributed by atoms with Crippen LogP contribution in [0.2, 0.25) is 0 Å². The maximum absolute atomic E-state index is 11.9. The fraction of sp³-hybridized carbons (Fsp3) is 0.857. The van der Waals surface area contributed by atoms with Crippen LogP contribution in [-0.4, -0.2) is 56.0 Å². The average molecular weight is 319 g/mol. The minimum Gasteiger partial charge on any atom is -0.460 e. The molecule has 0 spiro atoms. The number of esters is 1. The van der Waals surface area contributed by atoms with Crippen LogP contribution in [0.25, 0.3) is 0 Å². The number of hydrogen-bond acceptors (Lipinski definition) is 7. The number of rotatable bonds is 10. The SMILES string of the molecule is CCCCCC1OC(=O)OC1COC(=O)C(CSC)NC. The van der Waals surface area contributed by atoms with Gasteiger partial charge >= 0.3 is 12.1 Å². The number of carbonyl (C=O) groups is 2. The predicted molar refractivity (Wildman–Crippen MR) is 81.5 cm³/mol. The molecule has 3 atom stereocenters. The first-order valence-corrected chi connectivity index (χ1v) is 8.71. The van der Waals surface area contributed by atoms with E-state index in [-0.39, 0.29) is 24.7 Å². The lowest BCUT2D eigenvalue weighted by molar-refractivity contribution is -0.148. The number of unbranched alkanes of at least 4 members (excludes halogenated alkanes) is 2. The van der Waals surface area contributed by atoms with Crippen molar-refractivity contribution < 1.29 is 23.8 Å². The van der Waals surface area contributed by atoms with Crippen LogP contribution in [0.15, 0.2) is 0 Å². The van der Waals surface area contributed by atoms with E-state index in [1.54, 1.807) is 18.8 Å². The molecule has 3 unspecified atom stereocenters. The molecule has 1 aliphatic rings. The molecule has 0 amide bonds. The first-order valence-electron chi connectivity index (χ1n) is 7.32. The van der Waals surface area contributed by atoms with Crippen LogP contribution in [0.4, 0.5) is 4.79 Å². The number of thioether (sulfide) groups is 1. The van der Waals surface area contributed by atoms with E-state index in [1.165, 1.54) is 0 Å². The van der Waals surface area contributed by atoms with Gasteiger partial charge in [-0.25, -0.2) is 4.79 Å². The molecule has 1 fully saturated rings. The second-order valence-corrected chi connectivity index (χ2v) is 5.90. The van der Waals surface area contributed by atoms with Gasteiger partial charge in [-0.05, 0) is 26.1 Å². The zero-order chi connectivity index (χ0) is 15.7. The molecule has 122 valence electrons. The Balaban J connectivity index is 2.40. The number of cyclic esters (lactones) is 2. The van der Waals surface area contributed by atoms with Gasteiger partial charge < -0.3 is 19.5 Å². The van der Waals surface area contributed by atoms with Gasteiger partial charge in [0, 0.05) is 5.75 Å². The maximum Gasteiger partial charge on any atom is 0.509 e. The summed E-state index contributed by atoms with van der Waals surface area (Å²) in [6.07, 6.45) is 4.32. The van der Waals surface area contributed by atoms with E-state index >= 15 is 0 Å². The fourth-order valence-corrected chi connectivity index (χ4v) is 2.75. The summed E-state index contributed by atoms with van der Waals surface area (Å²) in [7, 11) is 1.72. The molecule has 21 heavy (non-hydrogen) atoms. The molecule has 6 nitrogen and oxygen atoms in total. The van der Waals surface area contributed by atoms with Crippen molar-refractivity contribution in [3.8, 4) is 0 Å². The van der Waals surface area contributed by atoms with Gasteiger partial charge in [0.2, 0.25) is 0 Å². The normalized spacial score (nSPS) is 22.5. The van der Waals surface area contributed by atoms with Crippen LogP contribution in [0.3, 0.4) is 0 Å². The third-order valence-electron chi connectivity index (χ3n) is 3.36. The lowest BCUT2D eigenvalue weighted by atomic mass is 10.1. The Bertz CT molecular complexity index is 339. The molecule has 0 aromatic carbocycles. The fourth-order valence-electron chi connectivity index (χ4n) is 2.11. The highest BCUT2D eigenvalue weighted by molar-refractivity contribution is 7.98. The van der Waals surface area contributed by atoms with Crippen molar-refractivity contribution in [2.24, 2.45) is 0 Å². The summed E-state index contributed by atoms with van der Waals surface area (Å²) in [6, 6.07) is -0.350. The maximum atomic E-state index is 11.9. The third kappa shape index (κ3) is 6.13. The van der Waals surface area contributed by atoms with Crippen LogP contribution in [0.5, 0.6) is 0 Å². The van der Waals surface area contributed by atoms with E-state index in [1.807, 2.05) is 6.26 Å². The molecule has 0 aromatic heterocycles. The van der Waals surface area contributed by atoms with E-state index in [4.69, 9.17) is 14.2 Å². The van der Waals surface area contributed by atoms with Gasteiger partial charge in [0.05, 0.1) is 0 Å². The molecular weight excluding hydrogens is 294 g/mol. The molecule has 0 bridgehead atoms. The van der Waals surface area contributed by atoms with E-state index in [0.29, 0.717) is 5.75 Å². The van der Waals surface area contributed by atoms with Crippen molar-refractivity contribution in [1.82, 2.24) is 5.32 Å². The van der Waals surface area contributed by atoms with Crippen LogP contribution in [0, 0.1) is 0 Å². The Morgan fingerprint density at radius 2 is 2.10 bits per heavy atom. The Labute approximate surface area is 130 Å². The van der Waals surface area contributed by atoms with Crippen molar-refractivity contribution in [3.63, 3.8) is 0 Å². The quantitative estimate of drug-likeness (QED) is 0.487. The Hall–Kier alpha value is -0.950.